The van der Waals surface area contributed by atoms with Crippen molar-refractivity contribution >= 4 is 17.6 Å². The number of carboxylic acids is 1. The first-order valence-corrected chi connectivity index (χ1v) is 5.10. The molecule has 0 heterocycles. The summed E-state index contributed by atoms with van der Waals surface area (Å²) in [5.41, 5.74) is 0.792. The van der Waals surface area contributed by atoms with Crippen LogP contribution in [-0.4, -0.2) is 23.8 Å². The second kappa shape index (κ2) is 5.73. The van der Waals surface area contributed by atoms with E-state index in [9.17, 15) is 4.79 Å². The average Bonchev–Trinajstić information content (AvgIpc) is 2.20. The molecule has 0 saturated carbocycles. The Balaban J connectivity index is 2.74. The second-order valence-electron chi connectivity index (χ2n) is 3.08. The van der Waals surface area contributed by atoms with Gasteiger partial charge in [-0.15, -0.1) is 0 Å². The molecule has 0 fully saturated rings. The first-order valence-electron chi connectivity index (χ1n) is 4.73. The first kappa shape index (κ1) is 12.0. The third kappa shape index (κ3) is 3.53. The van der Waals surface area contributed by atoms with E-state index in [1.54, 1.807) is 19.1 Å². The van der Waals surface area contributed by atoms with Gasteiger partial charge < -0.3 is 9.84 Å². The molecule has 1 aromatic rings. The Bertz CT molecular complexity index is 338. The van der Waals surface area contributed by atoms with E-state index < -0.39 is 12.1 Å². The lowest BCUT2D eigenvalue weighted by molar-refractivity contribution is -0.149. The standard InChI is InChI=1S/C11H13ClO3/c1-2-15-10(11(13)14)7-8-5-3-4-6-9(8)12/h3-6,10H,2,7H2,1H3,(H,13,14). The third-order valence-corrected chi connectivity index (χ3v) is 2.38. The summed E-state index contributed by atoms with van der Waals surface area (Å²) < 4.78 is 5.10. The molecule has 1 N–H and O–H groups in total. The molecular weight excluding hydrogens is 216 g/mol. The minimum Gasteiger partial charge on any atom is -0.479 e. The molecular formula is C11H13ClO3. The van der Waals surface area contributed by atoms with Gasteiger partial charge in [-0.3, -0.25) is 0 Å². The van der Waals surface area contributed by atoms with Crippen LogP contribution in [0.15, 0.2) is 24.3 Å². The Morgan fingerprint density at radius 2 is 2.20 bits per heavy atom. The molecule has 0 spiro atoms. The zero-order valence-electron chi connectivity index (χ0n) is 8.44. The van der Waals surface area contributed by atoms with Crippen molar-refractivity contribution in [2.45, 2.75) is 19.4 Å². The van der Waals surface area contributed by atoms with Crippen molar-refractivity contribution in [2.24, 2.45) is 0 Å². The van der Waals surface area contributed by atoms with Crippen LogP contribution in [0.4, 0.5) is 0 Å². The topological polar surface area (TPSA) is 46.5 Å². The van der Waals surface area contributed by atoms with Crippen LogP contribution < -0.4 is 0 Å². The number of carbonyl (C=O) groups is 1. The van der Waals surface area contributed by atoms with Gasteiger partial charge in [0.2, 0.25) is 0 Å². The molecule has 1 aromatic carbocycles. The van der Waals surface area contributed by atoms with Gasteiger partial charge in [0, 0.05) is 18.1 Å². The van der Waals surface area contributed by atoms with Crippen LogP contribution in [0.3, 0.4) is 0 Å². The van der Waals surface area contributed by atoms with Gasteiger partial charge in [-0.2, -0.15) is 0 Å². The zero-order valence-corrected chi connectivity index (χ0v) is 9.20. The van der Waals surface area contributed by atoms with Crippen LogP contribution in [0, 0.1) is 0 Å². The summed E-state index contributed by atoms with van der Waals surface area (Å²) in [6.07, 6.45) is -0.530. The number of benzene rings is 1. The molecule has 0 bridgehead atoms. The van der Waals surface area contributed by atoms with E-state index in [4.69, 9.17) is 21.4 Å². The van der Waals surface area contributed by atoms with E-state index in [2.05, 4.69) is 0 Å². The molecule has 4 heteroatoms. The molecule has 0 aliphatic rings. The van der Waals surface area contributed by atoms with E-state index in [0.717, 1.165) is 5.56 Å². The summed E-state index contributed by atoms with van der Waals surface area (Å²) in [7, 11) is 0. The summed E-state index contributed by atoms with van der Waals surface area (Å²) in [6.45, 7) is 2.14. The Kier molecular flexibility index (Phi) is 4.59. The molecule has 82 valence electrons. The molecule has 0 amide bonds. The van der Waals surface area contributed by atoms with Crippen molar-refractivity contribution in [3.05, 3.63) is 34.9 Å². The van der Waals surface area contributed by atoms with Gasteiger partial charge in [0.25, 0.3) is 0 Å². The molecule has 0 aliphatic heterocycles. The van der Waals surface area contributed by atoms with Gasteiger partial charge in [0.15, 0.2) is 6.10 Å². The molecule has 0 aliphatic carbocycles. The van der Waals surface area contributed by atoms with Crippen molar-refractivity contribution in [3.8, 4) is 0 Å². The highest BCUT2D eigenvalue weighted by atomic mass is 35.5. The molecule has 1 atom stereocenters. The predicted molar refractivity (Wildman–Crippen MR) is 58.2 cm³/mol. The summed E-state index contributed by atoms with van der Waals surface area (Å²) in [6, 6.07) is 7.17. The van der Waals surface area contributed by atoms with Gasteiger partial charge in [0.1, 0.15) is 0 Å². The monoisotopic (exact) mass is 228 g/mol. The molecule has 15 heavy (non-hydrogen) atoms. The Morgan fingerprint density at radius 3 is 2.73 bits per heavy atom. The predicted octanol–water partition coefficient (Wildman–Crippen LogP) is 2.37. The number of aliphatic carboxylic acids is 1. The van der Waals surface area contributed by atoms with Crippen molar-refractivity contribution in [1.29, 1.82) is 0 Å². The highest BCUT2D eigenvalue weighted by molar-refractivity contribution is 6.31. The smallest absolute Gasteiger partial charge is 0.333 e. The normalized spacial score (nSPS) is 12.4. The van der Waals surface area contributed by atoms with Crippen molar-refractivity contribution in [1.82, 2.24) is 0 Å². The van der Waals surface area contributed by atoms with E-state index in [0.29, 0.717) is 18.1 Å². The Labute approximate surface area is 93.6 Å². The van der Waals surface area contributed by atoms with Gasteiger partial charge in [-0.05, 0) is 18.6 Å². The summed E-state index contributed by atoms with van der Waals surface area (Å²) in [4.78, 5) is 10.8. The first-order chi connectivity index (χ1) is 7.15. The maximum atomic E-state index is 10.8. The summed E-state index contributed by atoms with van der Waals surface area (Å²) in [5.74, 6) is -0.961. The minimum absolute atomic E-state index is 0.294. The number of rotatable bonds is 5. The fourth-order valence-electron chi connectivity index (χ4n) is 1.28. The minimum atomic E-state index is -0.961. The highest BCUT2D eigenvalue weighted by Gasteiger charge is 2.18. The van der Waals surface area contributed by atoms with Crippen molar-refractivity contribution in [3.63, 3.8) is 0 Å². The Hall–Kier alpha value is -1.06. The molecule has 0 aromatic heterocycles. The number of hydrogen-bond donors (Lipinski definition) is 1. The van der Waals surface area contributed by atoms with E-state index in [1.165, 1.54) is 0 Å². The summed E-state index contributed by atoms with van der Waals surface area (Å²) >= 11 is 5.92. The lowest BCUT2D eigenvalue weighted by Gasteiger charge is -2.12. The van der Waals surface area contributed by atoms with E-state index in [1.807, 2.05) is 12.1 Å². The lowest BCUT2D eigenvalue weighted by atomic mass is 10.1. The fraction of sp³-hybridized carbons (Fsp3) is 0.364. The van der Waals surface area contributed by atoms with Crippen LogP contribution in [0.1, 0.15) is 12.5 Å². The van der Waals surface area contributed by atoms with E-state index >= 15 is 0 Å². The average molecular weight is 229 g/mol. The fourth-order valence-corrected chi connectivity index (χ4v) is 1.50. The Morgan fingerprint density at radius 1 is 1.53 bits per heavy atom. The van der Waals surface area contributed by atoms with Gasteiger partial charge in [-0.25, -0.2) is 4.79 Å². The number of hydrogen-bond acceptors (Lipinski definition) is 2. The molecule has 0 radical (unpaired) electrons. The van der Waals surface area contributed by atoms with Crippen LogP contribution >= 0.6 is 11.6 Å². The number of carboxylic acid groups (broad SMARTS) is 1. The maximum absolute atomic E-state index is 10.8. The van der Waals surface area contributed by atoms with Gasteiger partial charge in [0.05, 0.1) is 0 Å². The largest absolute Gasteiger partial charge is 0.479 e. The molecule has 1 rings (SSSR count). The van der Waals surface area contributed by atoms with Crippen LogP contribution in [-0.2, 0) is 16.0 Å². The summed E-state index contributed by atoms with van der Waals surface area (Å²) in [5, 5.41) is 9.46. The molecule has 1 unspecified atom stereocenters. The number of ether oxygens (including phenoxy) is 1. The SMILES string of the molecule is CCOC(Cc1ccccc1Cl)C(=O)O. The van der Waals surface area contributed by atoms with Gasteiger partial charge in [-0.1, -0.05) is 29.8 Å². The van der Waals surface area contributed by atoms with Gasteiger partial charge >= 0.3 is 5.97 Å². The maximum Gasteiger partial charge on any atom is 0.333 e. The van der Waals surface area contributed by atoms with Crippen molar-refractivity contribution in [2.75, 3.05) is 6.61 Å². The highest BCUT2D eigenvalue weighted by Crippen LogP contribution is 2.17. The second-order valence-corrected chi connectivity index (χ2v) is 3.48. The lowest BCUT2D eigenvalue weighted by Crippen LogP contribution is -2.26. The molecule has 0 saturated heterocycles. The quantitative estimate of drug-likeness (QED) is 0.842. The van der Waals surface area contributed by atoms with Crippen molar-refractivity contribution < 1.29 is 14.6 Å². The third-order valence-electron chi connectivity index (χ3n) is 2.01. The number of halogens is 1. The van der Waals surface area contributed by atoms with E-state index in [-0.39, 0.29) is 0 Å². The van der Waals surface area contributed by atoms with Crippen LogP contribution in [0.5, 0.6) is 0 Å². The zero-order chi connectivity index (χ0) is 11.3. The van der Waals surface area contributed by atoms with Crippen LogP contribution in [0.2, 0.25) is 5.02 Å². The van der Waals surface area contributed by atoms with Crippen LogP contribution in [0.25, 0.3) is 0 Å². The molecule has 3 nitrogen and oxygen atoms in total.